The number of benzene rings is 1. The molecular weight excluding hydrogens is 326 g/mol. The van der Waals surface area contributed by atoms with Crippen molar-refractivity contribution in [2.45, 2.75) is 63.8 Å². The maximum atomic E-state index is 12.2. The summed E-state index contributed by atoms with van der Waals surface area (Å²) in [6.45, 7) is 1.93. The number of anilines is 1. The van der Waals surface area contributed by atoms with Gasteiger partial charge in [0.15, 0.2) is 0 Å². The predicted molar refractivity (Wildman–Crippen MR) is 104 cm³/mol. The molecule has 0 atom stereocenters. The van der Waals surface area contributed by atoms with E-state index in [0.29, 0.717) is 32.0 Å². The van der Waals surface area contributed by atoms with E-state index in [-0.39, 0.29) is 11.8 Å². The largest absolute Gasteiger partial charge is 0.355 e. The minimum atomic E-state index is 0.0171. The van der Waals surface area contributed by atoms with Gasteiger partial charge in [0.2, 0.25) is 11.8 Å². The fraction of sp³-hybridized carbons (Fsp3) is 0.619. The zero-order valence-corrected chi connectivity index (χ0v) is 15.6. The minimum Gasteiger partial charge on any atom is -0.355 e. The number of aryl methyl sites for hydroxylation is 1. The van der Waals surface area contributed by atoms with E-state index in [4.69, 9.17) is 0 Å². The second-order valence-electron chi connectivity index (χ2n) is 7.42. The molecule has 5 heteroatoms. The summed E-state index contributed by atoms with van der Waals surface area (Å²) in [7, 11) is 0. The summed E-state index contributed by atoms with van der Waals surface area (Å²) in [6.07, 6.45) is 9.53. The van der Waals surface area contributed by atoms with Gasteiger partial charge >= 0.3 is 0 Å². The highest BCUT2D eigenvalue weighted by atomic mass is 16.2. The first-order valence-corrected chi connectivity index (χ1v) is 10.1. The molecule has 2 N–H and O–H groups in total. The molecule has 5 nitrogen and oxygen atoms in total. The van der Waals surface area contributed by atoms with Gasteiger partial charge < -0.3 is 15.5 Å². The number of nitrogens with one attached hydrogen (secondary N) is 2. The summed E-state index contributed by atoms with van der Waals surface area (Å²) in [4.78, 5) is 26.1. The molecule has 1 saturated carbocycles. The van der Waals surface area contributed by atoms with Crippen molar-refractivity contribution in [2.24, 2.45) is 0 Å². The van der Waals surface area contributed by atoms with E-state index in [9.17, 15) is 9.59 Å². The first-order valence-electron chi connectivity index (χ1n) is 10.1. The van der Waals surface area contributed by atoms with E-state index in [1.165, 1.54) is 44.1 Å². The van der Waals surface area contributed by atoms with Crippen LogP contribution in [0.15, 0.2) is 24.3 Å². The van der Waals surface area contributed by atoms with E-state index in [2.05, 4.69) is 16.7 Å². The van der Waals surface area contributed by atoms with Crippen molar-refractivity contribution in [2.75, 3.05) is 24.5 Å². The van der Waals surface area contributed by atoms with Crippen LogP contribution in [0.3, 0.4) is 0 Å². The van der Waals surface area contributed by atoms with Crippen LogP contribution in [0, 0.1) is 0 Å². The van der Waals surface area contributed by atoms with Gasteiger partial charge in [0, 0.05) is 44.2 Å². The standard InChI is InChI=1S/C21H31N3O2/c25-20(23-15-14-22-18-8-3-1-2-4-9-18)13-16-24-19-10-6-5-7-17(19)11-12-21(24)26/h5-7,10,18,22H,1-4,8-9,11-16H2,(H,23,25). The monoisotopic (exact) mass is 357 g/mol. The van der Waals surface area contributed by atoms with Crippen LogP contribution in [0.25, 0.3) is 0 Å². The normalized spacial score (nSPS) is 18.3. The SMILES string of the molecule is O=C(CCN1C(=O)CCc2ccccc21)NCCNC1CCCCCC1. The number of hydrogen-bond donors (Lipinski definition) is 2. The lowest BCUT2D eigenvalue weighted by atomic mass is 10.0. The number of rotatable bonds is 7. The third-order valence-electron chi connectivity index (χ3n) is 5.49. The van der Waals surface area contributed by atoms with Crippen molar-refractivity contribution >= 4 is 17.5 Å². The van der Waals surface area contributed by atoms with Crippen molar-refractivity contribution in [3.63, 3.8) is 0 Å². The third kappa shape index (κ3) is 5.31. The van der Waals surface area contributed by atoms with Gasteiger partial charge in [-0.1, -0.05) is 43.9 Å². The molecule has 2 amide bonds. The van der Waals surface area contributed by atoms with Gasteiger partial charge in [0.05, 0.1) is 0 Å². The van der Waals surface area contributed by atoms with E-state index in [1.807, 2.05) is 18.2 Å². The molecule has 0 unspecified atom stereocenters. The van der Waals surface area contributed by atoms with Gasteiger partial charge in [-0.3, -0.25) is 9.59 Å². The lowest BCUT2D eigenvalue weighted by Gasteiger charge is -2.29. The second kappa shape index (κ2) is 9.72. The molecule has 0 aromatic heterocycles. The number of carbonyl (C=O) groups excluding carboxylic acids is 2. The zero-order valence-electron chi connectivity index (χ0n) is 15.6. The van der Waals surface area contributed by atoms with Crippen molar-refractivity contribution in [3.8, 4) is 0 Å². The van der Waals surface area contributed by atoms with Gasteiger partial charge in [0.25, 0.3) is 0 Å². The predicted octanol–water partition coefficient (Wildman–Crippen LogP) is 2.78. The average molecular weight is 357 g/mol. The topological polar surface area (TPSA) is 61.4 Å². The van der Waals surface area contributed by atoms with E-state index < -0.39 is 0 Å². The van der Waals surface area contributed by atoms with E-state index >= 15 is 0 Å². The van der Waals surface area contributed by atoms with Crippen LogP contribution in [0.1, 0.15) is 56.9 Å². The number of para-hydroxylation sites is 1. The number of hydrogen-bond acceptors (Lipinski definition) is 3. The zero-order chi connectivity index (χ0) is 18.2. The Hall–Kier alpha value is -1.88. The first-order chi connectivity index (χ1) is 12.7. The minimum absolute atomic E-state index is 0.0171. The number of fused-ring (bicyclic) bond motifs is 1. The Kier molecular flexibility index (Phi) is 7.06. The summed E-state index contributed by atoms with van der Waals surface area (Å²) in [6, 6.07) is 8.59. The molecule has 142 valence electrons. The van der Waals surface area contributed by atoms with Crippen molar-refractivity contribution in [3.05, 3.63) is 29.8 Å². The Morgan fingerprint density at radius 2 is 1.81 bits per heavy atom. The summed E-state index contributed by atoms with van der Waals surface area (Å²) < 4.78 is 0. The number of nitrogens with zero attached hydrogens (tertiary/aromatic N) is 1. The summed E-state index contributed by atoms with van der Waals surface area (Å²) in [5, 5.41) is 6.54. The lowest BCUT2D eigenvalue weighted by Crippen LogP contribution is -2.40. The summed E-state index contributed by atoms with van der Waals surface area (Å²) in [5.41, 5.74) is 2.16. The Morgan fingerprint density at radius 1 is 1.04 bits per heavy atom. The molecule has 2 aliphatic rings. The Bertz CT molecular complexity index is 609. The van der Waals surface area contributed by atoms with Crippen molar-refractivity contribution in [1.29, 1.82) is 0 Å². The summed E-state index contributed by atoms with van der Waals surface area (Å²) >= 11 is 0. The Morgan fingerprint density at radius 3 is 2.62 bits per heavy atom. The van der Waals surface area contributed by atoms with Crippen LogP contribution in [0.4, 0.5) is 5.69 Å². The van der Waals surface area contributed by atoms with Gasteiger partial charge in [0.1, 0.15) is 0 Å². The van der Waals surface area contributed by atoms with Crippen LogP contribution in [0.2, 0.25) is 0 Å². The smallest absolute Gasteiger partial charge is 0.227 e. The molecule has 1 heterocycles. The van der Waals surface area contributed by atoms with Crippen LogP contribution in [0.5, 0.6) is 0 Å². The van der Waals surface area contributed by atoms with Crippen LogP contribution < -0.4 is 15.5 Å². The highest BCUT2D eigenvalue weighted by molar-refractivity contribution is 5.96. The third-order valence-corrected chi connectivity index (χ3v) is 5.49. The highest BCUT2D eigenvalue weighted by Crippen LogP contribution is 2.27. The second-order valence-corrected chi connectivity index (χ2v) is 7.42. The molecule has 1 aliphatic carbocycles. The van der Waals surface area contributed by atoms with Crippen LogP contribution in [-0.2, 0) is 16.0 Å². The molecule has 0 spiro atoms. The fourth-order valence-corrected chi connectivity index (χ4v) is 4.01. The quantitative estimate of drug-likeness (QED) is 0.583. The number of amides is 2. The molecule has 1 aliphatic heterocycles. The lowest BCUT2D eigenvalue weighted by molar-refractivity contribution is -0.121. The maximum absolute atomic E-state index is 12.2. The molecule has 3 rings (SSSR count). The number of carbonyl (C=O) groups is 2. The molecule has 1 fully saturated rings. The Labute approximate surface area is 156 Å². The summed E-state index contributed by atoms with van der Waals surface area (Å²) in [5.74, 6) is 0.134. The first kappa shape index (κ1) is 18.9. The fourth-order valence-electron chi connectivity index (χ4n) is 4.01. The van der Waals surface area contributed by atoms with Crippen LogP contribution in [-0.4, -0.2) is 37.5 Å². The molecule has 0 radical (unpaired) electrons. The van der Waals surface area contributed by atoms with Gasteiger partial charge in [-0.05, 0) is 30.9 Å². The molecular formula is C21H31N3O2. The van der Waals surface area contributed by atoms with Gasteiger partial charge in [-0.2, -0.15) is 0 Å². The Balaban J connectivity index is 1.37. The maximum Gasteiger partial charge on any atom is 0.227 e. The molecule has 0 saturated heterocycles. The molecule has 1 aromatic rings. The molecule has 0 bridgehead atoms. The molecule has 26 heavy (non-hydrogen) atoms. The van der Waals surface area contributed by atoms with Gasteiger partial charge in [-0.15, -0.1) is 0 Å². The van der Waals surface area contributed by atoms with Crippen LogP contribution >= 0.6 is 0 Å². The van der Waals surface area contributed by atoms with E-state index in [0.717, 1.165) is 18.7 Å². The highest BCUT2D eigenvalue weighted by Gasteiger charge is 2.23. The van der Waals surface area contributed by atoms with E-state index in [1.54, 1.807) is 4.90 Å². The van der Waals surface area contributed by atoms with Crippen molar-refractivity contribution < 1.29 is 9.59 Å². The van der Waals surface area contributed by atoms with Crippen molar-refractivity contribution in [1.82, 2.24) is 10.6 Å². The van der Waals surface area contributed by atoms with Gasteiger partial charge in [-0.25, -0.2) is 0 Å². The average Bonchev–Trinajstić information content (AvgIpc) is 2.93. The molecule has 1 aromatic carbocycles.